The number of halogens is 1. The van der Waals surface area contributed by atoms with Crippen molar-refractivity contribution in [2.24, 2.45) is 0 Å². The lowest BCUT2D eigenvalue weighted by molar-refractivity contribution is -0.595. The van der Waals surface area contributed by atoms with Crippen LogP contribution in [0.3, 0.4) is 0 Å². The summed E-state index contributed by atoms with van der Waals surface area (Å²) in [4.78, 5) is 12.6. The first-order valence-electron chi connectivity index (χ1n) is 5.25. The molecule has 4 nitrogen and oxygen atoms in total. The fourth-order valence-corrected chi connectivity index (χ4v) is 3.65. The lowest BCUT2D eigenvalue weighted by atomic mass is 10.4. The van der Waals surface area contributed by atoms with E-state index in [4.69, 9.17) is 11.6 Å². The summed E-state index contributed by atoms with van der Waals surface area (Å²) in [7, 11) is 4.04. The van der Waals surface area contributed by atoms with Gasteiger partial charge < -0.3 is 4.90 Å². The van der Waals surface area contributed by atoms with Gasteiger partial charge in [-0.1, -0.05) is 22.9 Å². The minimum absolute atomic E-state index is 0.545. The number of nitrogens with zero attached hydrogens (tertiary/aromatic N) is 4. The molecule has 0 radical (unpaired) electrons. The molecule has 0 amide bonds. The fourth-order valence-electron chi connectivity index (χ4n) is 1.56. The molecule has 0 unspecified atom stereocenters. The molecule has 0 aliphatic heterocycles. The van der Waals surface area contributed by atoms with E-state index in [1.165, 1.54) is 22.7 Å². The Morgan fingerprint density at radius 1 is 1.11 bits per heavy atom. The van der Waals surface area contributed by atoms with Gasteiger partial charge in [0.1, 0.15) is 0 Å². The van der Waals surface area contributed by atoms with Crippen LogP contribution in [0.2, 0.25) is 4.47 Å². The van der Waals surface area contributed by atoms with Gasteiger partial charge in [0.05, 0.1) is 12.4 Å². The van der Waals surface area contributed by atoms with Crippen LogP contribution in [0.5, 0.6) is 0 Å². The smallest absolute Gasteiger partial charge is 0.377 e. The van der Waals surface area contributed by atoms with E-state index in [1.807, 2.05) is 31.1 Å². The van der Waals surface area contributed by atoms with E-state index in [2.05, 4.69) is 27.0 Å². The third-order valence-electron chi connectivity index (χ3n) is 2.49. The maximum absolute atomic E-state index is 5.84. The van der Waals surface area contributed by atoms with Gasteiger partial charge in [0.15, 0.2) is 9.30 Å². The molecular formula is C11H10ClN4S2+. The average molecular weight is 298 g/mol. The molecule has 0 aliphatic carbocycles. The highest BCUT2D eigenvalue weighted by Crippen LogP contribution is 2.29. The van der Waals surface area contributed by atoms with E-state index < -0.39 is 0 Å². The van der Waals surface area contributed by atoms with Crippen LogP contribution < -0.4 is 9.47 Å². The summed E-state index contributed by atoms with van der Waals surface area (Å²) in [5.41, 5.74) is 1.16. The molecular weight excluding hydrogens is 288 g/mol. The predicted octanol–water partition coefficient (Wildman–Crippen LogP) is 2.75. The van der Waals surface area contributed by atoms with Gasteiger partial charge in [0, 0.05) is 31.9 Å². The number of aromatic nitrogens is 3. The van der Waals surface area contributed by atoms with Gasteiger partial charge in [-0.2, -0.15) is 4.57 Å². The number of thiazole rings is 2. The molecule has 3 aromatic heterocycles. The lowest BCUT2D eigenvalue weighted by Crippen LogP contribution is -2.29. The van der Waals surface area contributed by atoms with Gasteiger partial charge >= 0.3 is 5.13 Å². The number of anilines is 1. The molecule has 0 aromatic carbocycles. The highest BCUT2D eigenvalue weighted by atomic mass is 35.5. The SMILES string of the molecule is CN(C)c1cc[n+](-c2nc3sc(Cl)nc3s2)cc1. The molecule has 7 heteroatoms. The highest BCUT2D eigenvalue weighted by Gasteiger charge is 2.18. The summed E-state index contributed by atoms with van der Waals surface area (Å²) < 4.78 is 2.53. The molecule has 0 aliphatic rings. The molecule has 3 heterocycles. The number of fused-ring (bicyclic) bond motifs is 1. The molecule has 0 spiro atoms. The second-order valence-electron chi connectivity index (χ2n) is 3.93. The number of hydrogen-bond acceptors (Lipinski definition) is 5. The van der Waals surface area contributed by atoms with Crippen molar-refractivity contribution in [1.82, 2.24) is 9.97 Å². The van der Waals surface area contributed by atoms with Gasteiger partial charge in [-0.25, -0.2) is 4.98 Å². The van der Waals surface area contributed by atoms with E-state index in [1.54, 1.807) is 0 Å². The Kier molecular flexibility index (Phi) is 2.93. The summed E-state index contributed by atoms with van der Waals surface area (Å²) in [5.74, 6) is 0. The zero-order chi connectivity index (χ0) is 12.7. The number of pyridine rings is 1. The Hall–Kier alpha value is -1.24. The van der Waals surface area contributed by atoms with Gasteiger partial charge in [0.25, 0.3) is 4.83 Å². The van der Waals surface area contributed by atoms with E-state index in [0.29, 0.717) is 4.47 Å². The standard InChI is InChI=1S/C11H10ClN4S2/c1-15(2)7-3-5-16(6-4-7)11-14-9-8(18-11)13-10(12)17-9/h3-6H,1-2H3/q+1. The van der Waals surface area contributed by atoms with Crippen molar-refractivity contribution >= 4 is 49.6 Å². The summed E-state index contributed by atoms with van der Waals surface area (Å²) >= 11 is 8.79. The van der Waals surface area contributed by atoms with Crippen molar-refractivity contribution in [1.29, 1.82) is 0 Å². The van der Waals surface area contributed by atoms with Crippen LogP contribution in [-0.4, -0.2) is 24.1 Å². The number of hydrogen-bond donors (Lipinski definition) is 0. The Bertz CT molecular complexity index is 655. The molecule has 0 bridgehead atoms. The molecule has 92 valence electrons. The van der Waals surface area contributed by atoms with Crippen LogP contribution in [0.15, 0.2) is 24.5 Å². The summed E-state index contributed by atoms with van der Waals surface area (Å²) in [6.07, 6.45) is 4.00. The minimum atomic E-state index is 0.545. The van der Waals surface area contributed by atoms with Crippen molar-refractivity contribution in [3.05, 3.63) is 29.0 Å². The topological polar surface area (TPSA) is 32.9 Å². The van der Waals surface area contributed by atoms with E-state index in [0.717, 1.165) is 20.5 Å². The Morgan fingerprint density at radius 2 is 1.78 bits per heavy atom. The third kappa shape index (κ3) is 2.07. The zero-order valence-electron chi connectivity index (χ0n) is 9.79. The van der Waals surface area contributed by atoms with Gasteiger partial charge in [-0.3, -0.25) is 0 Å². The summed E-state index contributed by atoms with van der Waals surface area (Å²) in [6, 6.07) is 4.10. The normalized spacial score (nSPS) is 11.1. The lowest BCUT2D eigenvalue weighted by Gasteiger charge is -2.10. The van der Waals surface area contributed by atoms with Crippen LogP contribution in [0.25, 0.3) is 14.8 Å². The van der Waals surface area contributed by atoms with Gasteiger partial charge in [-0.15, -0.1) is 0 Å². The molecule has 0 saturated heterocycles. The quantitative estimate of drug-likeness (QED) is 0.682. The van der Waals surface area contributed by atoms with Crippen molar-refractivity contribution in [3.63, 3.8) is 0 Å². The zero-order valence-corrected chi connectivity index (χ0v) is 12.2. The van der Waals surface area contributed by atoms with Crippen molar-refractivity contribution < 1.29 is 4.57 Å². The van der Waals surface area contributed by atoms with E-state index >= 15 is 0 Å². The second-order valence-corrected chi connectivity index (χ2v) is 6.45. The van der Waals surface area contributed by atoms with Crippen LogP contribution in [0, 0.1) is 0 Å². The second kappa shape index (κ2) is 4.46. The summed E-state index contributed by atoms with van der Waals surface area (Å²) in [5, 5.41) is 0.908. The maximum atomic E-state index is 5.84. The van der Waals surface area contributed by atoms with Gasteiger partial charge in [0.2, 0.25) is 0 Å². The molecule has 0 fully saturated rings. The van der Waals surface area contributed by atoms with Crippen LogP contribution in [0.1, 0.15) is 0 Å². The van der Waals surface area contributed by atoms with Crippen LogP contribution in [-0.2, 0) is 0 Å². The van der Waals surface area contributed by atoms with Gasteiger partial charge in [-0.05, 0) is 16.3 Å². The molecule has 0 atom stereocenters. The third-order valence-corrected chi connectivity index (χ3v) is 4.63. The van der Waals surface area contributed by atoms with Crippen LogP contribution >= 0.6 is 34.3 Å². The van der Waals surface area contributed by atoms with E-state index in [-0.39, 0.29) is 0 Å². The molecule has 3 aromatic rings. The Labute approximate surface area is 117 Å². The minimum Gasteiger partial charge on any atom is -0.377 e. The van der Waals surface area contributed by atoms with Crippen molar-refractivity contribution in [3.8, 4) is 5.13 Å². The first-order valence-corrected chi connectivity index (χ1v) is 7.26. The Morgan fingerprint density at radius 3 is 2.39 bits per heavy atom. The summed E-state index contributed by atoms with van der Waals surface area (Å²) in [6.45, 7) is 0. The first-order chi connectivity index (χ1) is 8.63. The average Bonchev–Trinajstić information content (AvgIpc) is 2.86. The molecule has 3 rings (SSSR count). The van der Waals surface area contributed by atoms with Crippen molar-refractivity contribution in [2.45, 2.75) is 0 Å². The monoisotopic (exact) mass is 297 g/mol. The van der Waals surface area contributed by atoms with Crippen LogP contribution in [0.4, 0.5) is 5.69 Å². The molecule has 0 N–H and O–H groups in total. The fraction of sp³-hybridized carbons (Fsp3) is 0.182. The maximum Gasteiger partial charge on any atom is 0.390 e. The Balaban J connectivity index is 2.00. The predicted molar refractivity (Wildman–Crippen MR) is 76.2 cm³/mol. The number of rotatable bonds is 2. The molecule has 0 saturated carbocycles. The van der Waals surface area contributed by atoms with E-state index in [9.17, 15) is 0 Å². The van der Waals surface area contributed by atoms with Crippen molar-refractivity contribution in [2.75, 3.05) is 19.0 Å². The highest BCUT2D eigenvalue weighted by molar-refractivity contribution is 7.28. The molecule has 18 heavy (non-hydrogen) atoms. The first kappa shape index (κ1) is 11.8. The largest absolute Gasteiger partial charge is 0.390 e.